The van der Waals surface area contributed by atoms with E-state index in [0.29, 0.717) is 22.9 Å². The molecule has 3 rings (SSSR count). The zero-order valence-electron chi connectivity index (χ0n) is 22.8. The summed E-state index contributed by atoms with van der Waals surface area (Å²) >= 11 is 0. The monoisotopic (exact) mass is 553 g/mol. The summed E-state index contributed by atoms with van der Waals surface area (Å²) in [6.07, 6.45) is 1.04. The molecule has 0 aliphatic carbocycles. The third-order valence-corrected chi connectivity index (χ3v) is 7.01. The number of anilines is 1. The molecule has 208 valence electrons. The Hall–Kier alpha value is -4.05. The largest absolute Gasteiger partial charge is 0.497 e. The molecule has 0 saturated carbocycles. The van der Waals surface area contributed by atoms with E-state index in [-0.39, 0.29) is 18.5 Å². The normalized spacial score (nSPS) is 11.9. The van der Waals surface area contributed by atoms with Crippen LogP contribution < -0.4 is 19.1 Å². The number of carbonyl (C=O) groups is 2. The molecule has 2 amide bonds. The first kappa shape index (κ1) is 29.5. The van der Waals surface area contributed by atoms with Gasteiger partial charge in [0.15, 0.2) is 0 Å². The average molecular weight is 554 g/mol. The molecule has 0 heterocycles. The minimum Gasteiger partial charge on any atom is -0.497 e. The fourth-order valence-electron chi connectivity index (χ4n) is 3.87. The molecular weight excluding hydrogens is 518 g/mol. The Morgan fingerprint density at radius 3 is 2.08 bits per heavy atom. The molecule has 1 atom stereocenters. The predicted molar refractivity (Wildman–Crippen MR) is 151 cm³/mol. The number of methoxy groups -OCH3 is 1. The molecule has 9 nitrogen and oxygen atoms in total. The zero-order valence-corrected chi connectivity index (χ0v) is 23.6. The van der Waals surface area contributed by atoms with E-state index in [2.05, 4.69) is 5.32 Å². The van der Waals surface area contributed by atoms with Crippen LogP contribution in [0.25, 0.3) is 0 Å². The second-order valence-electron chi connectivity index (χ2n) is 9.39. The average Bonchev–Trinajstić information content (AvgIpc) is 2.90. The predicted octanol–water partition coefficient (Wildman–Crippen LogP) is 4.20. The van der Waals surface area contributed by atoms with Crippen LogP contribution in [0.1, 0.15) is 26.3 Å². The van der Waals surface area contributed by atoms with Crippen molar-refractivity contribution in [3.05, 3.63) is 84.4 Å². The first-order chi connectivity index (χ1) is 18.5. The number of benzene rings is 3. The highest BCUT2D eigenvalue weighted by molar-refractivity contribution is 7.92. The fraction of sp³-hybridized carbons (Fsp3) is 0.310. The minimum absolute atomic E-state index is 0.0875. The molecule has 0 fully saturated rings. The first-order valence-corrected chi connectivity index (χ1v) is 14.4. The maximum Gasteiger partial charge on any atom is 0.244 e. The van der Waals surface area contributed by atoms with Crippen LogP contribution in [0.15, 0.2) is 78.9 Å². The molecule has 3 aromatic carbocycles. The molecule has 0 bridgehead atoms. The lowest BCUT2D eigenvalue weighted by atomic mass is 10.1. The van der Waals surface area contributed by atoms with Gasteiger partial charge in [-0.25, -0.2) is 8.42 Å². The Morgan fingerprint density at radius 1 is 0.872 bits per heavy atom. The summed E-state index contributed by atoms with van der Waals surface area (Å²) in [4.78, 5) is 27.9. The lowest BCUT2D eigenvalue weighted by Gasteiger charge is -2.32. The lowest BCUT2D eigenvalue weighted by Crippen LogP contribution is -2.52. The maximum atomic E-state index is 13.7. The van der Waals surface area contributed by atoms with Crippen molar-refractivity contribution >= 4 is 27.5 Å². The van der Waals surface area contributed by atoms with Crippen LogP contribution in [0.4, 0.5) is 5.69 Å². The molecule has 1 N–H and O–H groups in total. The van der Waals surface area contributed by atoms with Crippen molar-refractivity contribution in [3.8, 4) is 17.2 Å². The first-order valence-electron chi connectivity index (χ1n) is 12.5. The summed E-state index contributed by atoms with van der Waals surface area (Å²) < 4.78 is 37.7. The van der Waals surface area contributed by atoms with Crippen LogP contribution in [0, 0.1) is 0 Å². The Bertz CT molecular complexity index is 1360. The summed E-state index contributed by atoms with van der Waals surface area (Å²) in [6.45, 7) is 4.88. The van der Waals surface area contributed by atoms with Crippen molar-refractivity contribution in [1.82, 2.24) is 10.2 Å². The molecule has 0 aliphatic heterocycles. The van der Waals surface area contributed by atoms with Crippen LogP contribution in [0.3, 0.4) is 0 Å². The summed E-state index contributed by atoms with van der Waals surface area (Å²) in [5.41, 5.74) is 1.03. The van der Waals surface area contributed by atoms with Gasteiger partial charge in [-0.05, 0) is 74.9 Å². The number of rotatable bonds is 12. The number of nitrogens with zero attached hydrogens (tertiary/aromatic N) is 2. The molecular formula is C29H35N3O6S. The third kappa shape index (κ3) is 8.47. The van der Waals surface area contributed by atoms with Crippen LogP contribution in [-0.2, 0) is 26.2 Å². The van der Waals surface area contributed by atoms with Crippen molar-refractivity contribution in [1.29, 1.82) is 0 Å². The van der Waals surface area contributed by atoms with E-state index in [1.807, 2.05) is 50.2 Å². The van der Waals surface area contributed by atoms with Crippen molar-refractivity contribution in [2.24, 2.45) is 0 Å². The topological polar surface area (TPSA) is 105 Å². The van der Waals surface area contributed by atoms with Crippen molar-refractivity contribution in [2.75, 3.05) is 24.2 Å². The zero-order chi connectivity index (χ0) is 28.6. The minimum atomic E-state index is -3.84. The van der Waals surface area contributed by atoms with Crippen molar-refractivity contribution in [2.45, 2.75) is 39.4 Å². The number of sulfonamides is 1. The van der Waals surface area contributed by atoms with E-state index >= 15 is 0 Å². The molecule has 0 spiro atoms. The van der Waals surface area contributed by atoms with Gasteiger partial charge in [-0.2, -0.15) is 0 Å². The quantitative estimate of drug-likeness (QED) is 0.361. The molecule has 0 aliphatic rings. The number of hydrogen-bond donors (Lipinski definition) is 1. The lowest BCUT2D eigenvalue weighted by molar-refractivity contribution is -0.139. The van der Waals surface area contributed by atoms with E-state index in [9.17, 15) is 18.0 Å². The number of amides is 2. The molecule has 0 saturated heterocycles. The highest BCUT2D eigenvalue weighted by atomic mass is 32.2. The van der Waals surface area contributed by atoms with E-state index in [1.54, 1.807) is 56.5 Å². The van der Waals surface area contributed by atoms with E-state index in [1.165, 1.54) is 4.90 Å². The summed E-state index contributed by atoms with van der Waals surface area (Å²) in [5.74, 6) is 0.897. The maximum absolute atomic E-state index is 13.7. The fourth-order valence-corrected chi connectivity index (χ4v) is 4.72. The van der Waals surface area contributed by atoms with Crippen LogP contribution in [0.2, 0.25) is 0 Å². The van der Waals surface area contributed by atoms with Crippen molar-refractivity contribution in [3.63, 3.8) is 0 Å². The molecule has 0 aromatic heterocycles. The van der Waals surface area contributed by atoms with Gasteiger partial charge in [-0.15, -0.1) is 0 Å². The van der Waals surface area contributed by atoms with Gasteiger partial charge in [0, 0.05) is 12.6 Å². The van der Waals surface area contributed by atoms with Gasteiger partial charge in [0.25, 0.3) is 0 Å². The van der Waals surface area contributed by atoms with Gasteiger partial charge in [-0.3, -0.25) is 13.9 Å². The number of nitrogens with one attached hydrogen (secondary N) is 1. The summed E-state index contributed by atoms with van der Waals surface area (Å²) in [7, 11) is -2.30. The van der Waals surface area contributed by atoms with Crippen LogP contribution >= 0.6 is 0 Å². The van der Waals surface area contributed by atoms with E-state index in [4.69, 9.17) is 9.47 Å². The third-order valence-electron chi connectivity index (χ3n) is 5.87. The number of carbonyl (C=O) groups excluding carboxylic acids is 2. The van der Waals surface area contributed by atoms with Gasteiger partial charge >= 0.3 is 0 Å². The van der Waals surface area contributed by atoms with Gasteiger partial charge in [0.1, 0.15) is 29.8 Å². The molecule has 0 unspecified atom stereocenters. The second kappa shape index (κ2) is 13.1. The second-order valence-corrected chi connectivity index (χ2v) is 11.3. The van der Waals surface area contributed by atoms with E-state index < -0.39 is 28.5 Å². The summed E-state index contributed by atoms with van der Waals surface area (Å²) in [6, 6.07) is 21.8. The molecule has 10 heteroatoms. The van der Waals surface area contributed by atoms with E-state index in [0.717, 1.165) is 16.1 Å². The van der Waals surface area contributed by atoms with Crippen LogP contribution in [0.5, 0.6) is 17.2 Å². The number of ether oxygens (including phenoxy) is 2. The Balaban J connectivity index is 1.87. The smallest absolute Gasteiger partial charge is 0.244 e. The number of hydrogen-bond acceptors (Lipinski definition) is 6. The Morgan fingerprint density at radius 2 is 1.49 bits per heavy atom. The van der Waals surface area contributed by atoms with Gasteiger partial charge in [0.2, 0.25) is 21.8 Å². The van der Waals surface area contributed by atoms with Crippen LogP contribution in [-0.4, -0.2) is 57.1 Å². The van der Waals surface area contributed by atoms with Crippen molar-refractivity contribution < 1.29 is 27.5 Å². The van der Waals surface area contributed by atoms with Gasteiger partial charge < -0.3 is 19.7 Å². The molecule has 39 heavy (non-hydrogen) atoms. The molecule has 3 aromatic rings. The SMILES string of the molecule is COc1cccc(CN(C(=O)CN(c2ccc(Oc3ccccc3)cc2)S(C)(=O)=O)[C@H](C)C(=O)NC(C)C)c1. The highest BCUT2D eigenvalue weighted by Crippen LogP contribution is 2.26. The van der Waals surface area contributed by atoms with Gasteiger partial charge in [-0.1, -0.05) is 30.3 Å². The number of para-hydroxylation sites is 1. The Labute approximate surface area is 230 Å². The highest BCUT2D eigenvalue weighted by Gasteiger charge is 2.30. The standard InChI is InChI=1S/C29H35N3O6S/c1-21(2)30-29(34)22(3)31(19-23-10-9-13-27(18-23)37-4)28(33)20-32(39(5,35)36)24-14-16-26(17-15-24)38-25-11-7-6-8-12-25/h6-18,21-22H,19-20H2,1-5H3,(H,30,34)/t22-/m1/s1. The summed E-state index contributed by atoms with van der Waals surface area (Å²) in [5, 5.41) is 2.82. The Kier molecular flexibility index (Phi) is 9.95. The van der Waals surface area contributed by atoms with Gasteiger partial charge in [0.05, 0.1) is 19.1 Å². The molecule has 0 radical (unpaired) electrons.